The van der Waals surface area contributed by atoms with Gasteiger partial charge in [0.15, 0.2) is 17.5 Å². The molecule has 0 saturated carbocycles. The molecule has 0 saturated heterocycles. The fourth-order valence-corrected chi connectivity index (χ4v) is 6.04. The largest absolute Gasteiger partial charge is 0.256 e. The predicted octanol–water partition coefficient (Wildman–Crippen LogP) is 11.2. The van der Waals surface area contributed by atoms with E-state index in [4.69, 9.17) is 15.0 Å². The predicted molar refractivity (Wildman–Crippen MR) is 200 cm³/mol. The monoisotopic (exact) mass is 628 g/mol. The normalized spacial score (nSPS) is 11.0. The molecule has 232 valence electrons. The molecule has 0 atom stereocenters. The number of aryl methyl sites for hydroxylation is 1. The Morgan fingerprint density at radius 2 is 0.694 bits per heavy atom. The molecule has 0 aliphatic carbocycles. The summed E-state index contributed by atoms with van der Waals surface area (Å²) in [6.45, 7) is 2.09. The van der Waals surface area contributed by atoms with Crippen molar-refractivity contribution in [3.8, 4) is 78.8 Å². The van der Waals surface area contributed by atoms with Gasteiger partial charge in [-0.05, 0) is 70.1 Å². The summed E-state index contributed by atoms with van der Waals surface area (Å²) in [5.74, 6) is 1.88. The fourth-order valence-electron chi connectivity index (χ4n) is 6.04. The first-order chi connectivity index (χ1) is 24.2. The molecule has 0 radical (unpaired) electrons. The Hall–Kier alpha value is -6.52. The summed E-state index contributed by atoms with van der Waals surface area (Å²) in [5, 5.41) is 0. The summed E-state index contributed by atoms with van der Waals surface area (Å²) in [4.78, 5) is 19.7. The second kappa shape index (κ2) is 13.3. The topological polar surface area (TPSA) is 51.6 Å². The van der Waals surface area contributed by atoms with Gasteiger partial charge in [-0.1, -0.05) is 146 Å². The Kier molecular flexibility index (Phi) is 8.11. The van der Waals surface area contributed by atoms with E-state index in [9.17, 15) is 0 Å². The Bertz CT molecular complexity index is 2270. The maximum Gasteiger partial charge on any atom is 0.164 e. The number of benzene rings is 6. The van der Waals surface area contributed by atoms with E-state index in [0.29, 0.717) is 17.5 Å². The molecule has 0 fully saturated rings. The summed E-state index contributed by atoms with van der Waals surface area (Å²) in [5.41, 5.74) is 12.8. The molecule has 0 N–H and O–H groups in total. The minimum absolute atomic E-state index is 0.623. The van der Waals surface area contributed by atoms with Crippen molar-refractivity contribution in [2.75, 3.05) is 0 Å². The summed E-state index contributed by atoms with van der Waals surface area (Å²) in [7, 11) is 0. The van der Waals surface area contributed by atoms with E-state index >= 15 is 0 Å². The lowest BCUT2D eigenvalue weighted by atomic mass is 9.99. The van der Waals surface area contributed by atoms with Crippen molar-refractivity contribution in [1.29, 1.82) is 0 Å². The van der Waals surface area contributed by atoms with Crippen LogP contribution in [0.4, 0.5) is 0 Å². The van der Waals surface area contributed by atoms with Crippen LogP contribution in [0.3, 0.4) is 0 Å². The molecular weight excluding hydrogens is 597 g/mol. The lowest BCUT2D eigenvalue weighted by molar-refractivity contribution is 1.07. The second-order valence-corrected chi connectivity index (χ2v) is 12.1. The van der Waals surface area contributed by atoms with Gasteiger partial charge in [-0.15, -0.1) is 0 Å². The molecule has 8 rings (SSSR count). The third-order valence-electron chi connectivity index (χ3n) is 8.66. The number of aromatic nitrogens is 4. The summed E-state index contributed by atoms with van der Waals surface area (Å²) in [6.07, 6.45) is 1.86. The van der Waals surface area contributed by atoms with Gasteiger partial charge in [-0.25, -0.2) is 15.0 Å². The van der Waals surface area contributed by atoms with E-state index in [-0.39, 0.29) is 0 Å². The van der Waals surface area contributed by atoms with Crippen LogP contribution in [0.25, 0.3) is 78.8 Å². The average Bonchev–Trinajstić information content (AvgIpc) is 3.19. The van der Waals surface area contributed by atoms with E-state index in [2.05, 4.69) is 164 Å². The van der Waals surface area contributed by atoms with Crippen LogP contribution in [0.1, 0.15) is 5.56 Å². The fraction of sp³-hybridized carbons (Fsp3) is 0.0222. The van der Waals surface area contributed by atoms with Gasteiger partial charge in [0.2, 0.25) is 0 Å². The SMILES string of the molecule is Cc1ccnc(-c2cccc(-c3cccc(-c4nc(-c5ccc(-c6ccccc6)cc5)nc(-c5ccc(-c6ccccc6)cc5)n4)c3)c2)c1. The van der Waals surface area contributed by atoms with Gasteiger partial charge in [0, 0.05) is 28.5 Å². The third kappa shape index (κ3) is 6.53. The average molecular weight is 629 g/mol. The summed E-state index contributed by atoms with van der Waals surface area (Å²) >= 11 is 0. The van der Waals surface area contributed by atoms with Gasteiger partial charge in [0.1, 0.15) is 0 Å². The molecular formula is C45H32N4. The summed E-state index contributed by atoms with van der Waals surface area (Å²) < 4.78 is 0. The van der Waals surface area contributed by atoms with Crippen molar-refractivity contribution in [2.45, 2.75) is 6.92 Å². The number of hydrogen-bond acceptors (Lipinski definition) is 4. The van der Waals surface area contributed by atoms with Gasteiger partial charge in [-0.2, -0.15) is 0 Å². The standard InChI is InChI=1S/C45H32N4/c1-31-26-27-46-42(28-31)40-16-8-14-38(29-40)39-15-9-17-41(30-39)45-48-43(36-22-18-34(19-23-36)32-10-4-2-5-11-32)47-44(49-45)37-24-20-35(21-25-37)33-12-6-3-7-13-33/h2-30H,1H3. The van der Waals surface area contributed by atoms with Crippen molar-refractivity contribution in [1.82, 2.24) is 19.9 Å². The van der Waals surface area contributed by atoms with Gasteiger partial charge in [0.05, 0.1) is 5.69 Å². The van der Waals surface area contributed by atoms with Crippen molar-refractivity contribution in [3.05, 3.63) is 182 Å². The molecule has 2 aromatic heterocycles. The molecule has 6 aromatic carbocycles. The zero-order chi connectivity index (χ0) is 33.0. The lowest BCUT2D eigenvalue weighted by Gasteiger charge is -2.11. The Labute approximate surface area is 286 Å². The van der Waals surface area contributed by atoms with Crippen molar-refractivity contribution >= 4 is 0 Å². The van der Waals surface area contributed by atoms with E-state index in [1.54, 1.807) is 0 Å². The number of hydrogen-bond donors (Lipinski definition) is 0. The molecule has 0 spiro atoms. The lowest BCUT2D eigenvalue weighted by Crippen LogP contribution is -2.00. The van der Waals surface area contributed by atoms with Crippen LogP contribution in [0.5, 0.6) is 0 Å². The van der Waals surface area contributed by atoms with Crippen LogP contribution in [-0.4, -0.2) is 19.9 Å². The maximum absolute atomic E-state index is 5.04. The van der Waals surface area contributed by atoms with Crippen molar-refractivity contribution < 1.29 is 0 Å². The first-order valence-electron chi connectivity index (χ1n) is 16.4. The van der Waals surface area contributed by atoms with E-state index in [0.717, 1.165) is 50.2 Å². The molecule has 0 aliphatic rings. The zero-order valence-corrected chi connectivity index (χ0v) is 27.0. The van der Waals surface area contributed by atoms with Gasteiger partial charge in [-0.3, -0.25) is 4.98 Å². The van der Waals surface area contributed by atoms with Crippen LogP contribution in [0.15, 0.2) is 176 Å². The highest BCUT2D eigenvalue weighted by atomic mass is 15.0. The Balaban J connectivity index is 1.20. The highest BCUT2D eigenvalue weighted by Gasteiger charge is 2.14. The quantitative estimate of drug-likeness (QED) is 0.176. The molecule has 0 bridgehead atoms. The maximum atomic E-state index is 5.04. The summed E-state index contributed by atoms with van der Waals surface area (Å²) in [6, 6.07) is 58.7. The zero-order valence-electron chi connectivity index (χ0n) is 27.0. The van der Waals surface area contributed by atoms with Crippen LogP contribution in [0, 0.1) is 6.92 Å². The molecule has 8 aromatic rings. The molecule has 0 amide bonds. The highest BCUT2D eigenvalue weighted by molar-refractivity contribution is 5.77. The number of pyridine rings is 1. The van der Waals surface area contributed by atoms with Crippen LogP contribution >= 0.6 is 0 Å². The molecule has 2 heterocycles. The van der Waals surface area contributed by atoms with Gasteiger partial charge in [0.25, 0.3) is 0 Å². The third-order valence-corrected chi connectivity index (χ3v) is 8.66. The first-order valence-corrected chi connectivity index (χ1v) is 16.4. The van der Waals surface area contributed by atoms with E-state index in [1.807, 2.05) is 24.4 Å². The van der Waals surface area contributed by atoms with Gasteiger partial charge < -0.3 is 0 Å². The van der Waals surface area contributed by atoms with Crippen LogP contribution in [0.2, 0.25) is 0 Å². The minimum atomic E-state index is 0.623. The Morgan fingerprint density at radius 1 is 0.306 bits per heavy atom. The second-order valence-electron chi connectivity index (χ2n) is 12.1. The highest BCUT2D eigenvalue weighted by Crippen LogP contribution is 2.31. The Morgan fingerprint density at radius 3 is 1.20 bits per heavy atom. The minimum Gasteiger partial charge on any atom is -0.256 e. The van der Waals surface area contributed by atoms with E-state index in [1.165, 1.54) is 16.7 Å². The van der Waals surface area contributed by atoms with Gasteiger partial charge >= 0.3 is 0 Å². The van der Waals surface area contributed by atoms with Crippen molar-refractivity contribution in [3.63, 3.8) is 0 Å². The molecule has 0 aliphatic heterocycles. The van der Waals surface area contributed by atoms with E-state index < -0.39 is 0 Å². The number of rotatable bonds is 7. The number of nitrogens with zero attached hydrogens (tertiary/aromatic N) is 4. The molecule has 4 nitrogen and oxygen atoms in total. The van der Waals surface area contributed by atoms with Crippen LogP contribution in [-0.2, 0) is 0 Å². The van der Waals surface area contributed by atoms with Crippen LogP contribution < -0.4 is 0 Å². The smallest absolute Gasteiger partial charge is 0.164 e. The first kappa shape index (κ1) is 29.9. The van der Waals surface area contributed by atoms with Crippen molar-refractivity contribution in [2.24, 2.45) is 0 Å². The molecule has 49 heavy (non-hydrogen) atoms. The molecule has 4 heteroatoms. The molecule has 0 unspecified atom stereocenters.